The molecule has 3 heteroatoms. The van der Waals surface area contributed by atoms with Crippen molar-refractivity contribution in [3.63, 3.8) is 0 Å². The van der Waals surface area contributed by atoms with E-state index in [1.165, 1.54) is 11.1 Å². The van der Waals surface area contributed by atoms with E-state index in [2.05, 4.69) is 18.7 Å². The monoisotopic (exact) mass is 213 g/mol. The normalized spacial score (nSPS) is 36.0. The van der Waals surface area contributed by atoms with Gasteiger partial charge >= 0.3 is 0 Å². The maximum atomic E-state index is 13.4. The average molecular weight is 213 g/mol. The highest BCUT2D eigenvalue weighted by atomic mass is 19.1. The summed E-state index contributed by atoms with van der Waals surface area (Å²) in [6, 6.07) is 0. The molecule has 0 radical (unpaired) electrons. The molecule has 0 aromatic rings. The third-order valence-electron chi connectivity index (χ3n) is 3.74. The average Bonchev–Trinajstić information content (AvgIpc) is 2.57. The Labute approximate surface area is 91.1 Å². The highest BCUT2D eigenvalue weighted by Crippen LogP contribution is 2.43. The fraction of sp³-hybridized carbons (Fsp3) is 0.833. The van der Waals surface area contributed by atoms with Crippen molar-refractivity contribution in [2.45, 2.75) is 38.4 Å². The summed E-state index contributed by atoms with van der Waals surface area (Å²) in [6.45, 7) is 6.46. The predicted octanol–water partition coefficient (Wildman–Crippen LogP) is 2.16. The summed E-state index contributed by atoms with van der Waals surface area (Å²) >= 11 is 0. The van der Waals surface area contributed by atoms with Crippen molar-refractivity contribution >= 4 is 0 Å². The SMILES string of the molecule is COC[C@]12CC(=C(C)C)CN1C[C@@H](F)C2. The number of halogens is 1. The lowest BCUT2D eigenvalue weighted by molar-refractivity contribution is 0.0653. The third-order valence-corrected chi connectivity index (χ3v) is 3.74. The Morgan fingerprint density at radius 2 is 2.33 bits per heavy atom. The summed E-state index contributed by atoms with van der Waals surface area (Å²) in [7, 11) is 1.71. The molecule has 86 valence electrons. The second-order valence-corrected chi connectivity index (χ2v) is 5.12. The van der Waals surface area contributed by atoms with E-state index in [-0.39, 0.29) is 5.54 Å². The molecule has 2 aliphatic heterocycles. The number of rotatable bonds is 2. The largest absolute Gasteiger partial charge is 0.383 e. The van der Waals surface area contributed by atoms with E-state index in [4.69, 9.17) is 4.74 Å². The number of nitrogens with zero attached hydrogens (tertiary/aromatic N) is 1. The number of allylic oxidation sites excluding steroid dienone is 1. The van der Waals surface area contributed by atoms with Gasteiger partial charge in [0.2, 0.25) is 0 Å². The summed E-state index contributed by atoms with van der Waals surface area (Å²) in [5.41, 5.74) is 2.81. The maximum Gasteiger partial charge on any atom is 0.115 e. The molecule has 0 saturated carbocycles. The lowest BCUT2D eigenvalue weighted by atomic mass is 9.91. The van der Waals surface area contributed by atoms with Crippen LogP contribution in [-0.4, -0.2) is 43.4 Å². The van der Waals surface area contributed by atoms with Gasteiger partial charge in [0, 0.05) is 26.6 Å². The van der Waals surface area contributed by atoms with E-state index in [1.54, 1.807) is 7.11 Å². The first-order valence-electron chi connectivity index (χ1n) is 5.61. The van der Waals surface area contributed by atoms with E-state index in [1.807, 2.05) is 0 Å². The van der Waals surface area contributed by atoms with Gasteiger partial charge in [0.05, 0.1) is 12.1 Å². The van der Waals surface area contributed by atoms with Crippen molar-refractivity contribution in [3.05, 3.63) is 11.1 Å². The second kappa shape index (κ2) is 3.87. The van der Waals surface area contributed by atoms with Crippen molar-refractivity contribution in [2.24, 2.45) is 0 Å². The minimum absolute atomic E-state index is 0.0409. The lowest BCUT2D eigenvalue weighted by Crippen LogP contribution is -2.42. The van der Waals surface area contributed by atoms with Crippen molar-refractivity contribution < 1.29 is 9.13 Å². The molecule has 2 fully saturated rings. The van der Waals surface area contributed by atoms with Crippen molar-refractivity contribution in [2.75, 3.05) is 26.8 Å². The lowest BCUT2D eigenvalue weighted by Gasteiger charge is -2.30. The van der Waals surface area contributed by atoms with Gasteiger partial charge in [-0.25, -0.2) is 4.39 Å². The Kier molecular flexibility index (Phi) is 2.86. The minimum Gasteiger partial charge on any atom is -0.383 e. The van der Waals surface area contributed by atoms with Gasteiger partial charge < -0.3 is 4.74 Å². The van der Waals surface area contributed by atoms with Crippen LogP contribution in [0.4, 0.5) is 4.39 Å². The molecular formula is C12H20FNO. The van der Waals surface area contributed by atoms with E-state index >= 15 is 0 Å². The fourth-order valence-electron chi connectivity index (χ4n) is 2.94. The van der Waals surface area contributed by atoms with E-state index in [9.17, 15) is 4.39 Å². The van der Waals surface area contributed by atoms with Gasteiger partial charge in [0.1, 0.15) is 6.17 Å². The first-order chi connectivity index (χ1) is 7.07. The molecule has 0 aromatic carbocycles. The smallest absolute Gasteiger partial charge is 0.115 e. The van der Waals surface area contributed by atoms with E-state index < -0.39 is 6.17 Å². The number of alkyl halides is 1. The number of fused-ring (bicyclic) bond motifs is 1. The Bertz CT molecular complexity index is 285. The van der Waals surface area contributed by atoms with Gasteiger partial charge in [0.15, 0.2) is 0 Å². The van der Waals surface area contributed by atoms with Crippen LogP contribution in [0.25, 0.3) is 0 Å². The molecule has 2 heterocycles. The van der Waals surface area contributed by atoms with E-state index in [0.29, 0.717) is 19.6 Å². The van der Waals surface area contributed by atoms with Crippen molar-refractivity contribution in [3.8, 4) is 0 Å². The van der Waals surface area contributed by atoms with Crippen LogP contribution in [0.15, 0.2) is 11.1 Å². The molecule has 0 unspecified atom stereocenters. The van der Waals surface area contributed by atoms with Gasteiger partial charge in [-0.1, -0.05) is 11.1 Å². The molecule has 0 amide bonds. The van der Waals surface area contributed by atoms with Crippen LogP contribution >= 0.6 is 0 Å². The molecule has 0 aliphatic carbocycles. The van der Waals surface area contributed by atoms with Crippen LogP contribution in [-0.2, 0) is 4.74 Å². The highest BCUT2D eigenvalue weighted by Gasteiger charge is 2.50. The van der Waals surface area contributed by atoms with Gasteiger partial charge in [-0.15, -0.1) is 0 Å². The van der Waals surface area contributed by atoms with Gasteiger partial charge in [0.25, 0.3) is 0 Å². The molecule has 0 aromatic heterocycles. The zero-order chi connectivity index (χ0) is 11.1. The predicted molar refractivity (Wildman–Crippen MR) is 58.7 cm³/mol. The molecule has 2 rings (SSSR count). The first kappa shape index (κ1) is 11.1. The molecular weight excluding hydrogens is 193 g/mol. The molecule has 2 aliphatic rings. The van der Waals surface area contributed by atoms with E-state index in [0.717, 1.165) is 13.0 Å². The van der Waals surface area contributed by atoms with Gasteiger partial charge in [-0.3, -0.25) is 4.90 Å². The van der Waals surface area contributed by atoms with Crippen LogP contribution in [0, 0.1) is 0 Å². The standard InChI is InChI=1S/C12H20FNO/c1-9(2)10-4-12(8-15-3)5-11(13)7-14(12)6-10/h11H,4-8H2,1-3H3/t11-,12+/m0/s1. The number of hydrogen-bond acceptors (Lipinski definition) is 2. The van der Waals surface area contributed by atoms with Gasteiger partial charge in [-0.05, 0) is 20.3 Å². The van der Waals surface area contributed by atoms with Crippen molar-refractivity contribution in [1.82, 2.24) is 4.90 Å². The number of ether oxygens (including phenoxy) is 1. The molecule has 0 N–H and O–H groups in total. The molecule has 0 bridgehead atoms. The van der Waals surface area contributed by atoms with Crippen molar-refractivity contribution in [1.29, 1.82) is 0 Å². The maximum absolute atomic E-state index is 13.4. The first-order valence-corrected chi connectivity index (χ1v) is 5.61. The zero-order valence-electron chi connectivity index (χ0n) is 9.85. The minimum atomic E-state index is -0.668. The summed E-state index contributed by atoms with van der Waals surface area (Å²) < 4.78 is 18.7. The van der Waals surface area contributed by atoms with Crippen LogP contribution < -0.4 is 0 Å². The van der Waals surface area contributed by atoms with Gasteiger partial charge in [-0.2, -0.15) is 0 Å². The summed E-state index contributed by atoms with van der Waals surface area (Å²) in [5, 5.41) is 0. The van der Waals surface area contributed by atoms with Crippen LogP contribution in [0.2, 0.25) is 0 Å². The topological polar surface area (TPSA) is 12.5 Å². The quantitative estimate of drug-likeness (QED) is 0.652. The number of methoxy groups -OCH3 is 1. The Balaban J connectivity index is 2.21. The summed E-state index contributed by atoms with van der Waals surface area (Å²) in [4.78, 5) is 2.27. The summed E-state index contributed by atoms with van der Waals surface area (Å²) in [5.74, 6) is 0. The third kappa shape index (κ3) is 1.83. The summed E-state index contributed by atoms with van der Waals surface area (Å²) in [6.07, 6.45) is 0.958. The zero-order valence-corrected chi connectivity index (χ0v) is 9.85. The Morgan fingerprint density at radius 3 is 2.93 bits per heavy atom. The molecule has 2 saturated heterocycles. The molecule has 2 nitrogen and oxygen atoms in total. The van der Waals surface area contributed by atoms with Crippen LogP contribution in [0.1, 0.15) is 26.7 Å². The second-order valence-electron chi connectivity index (χ2n) is 5.12. The Hall–Kier alpha value is -0.410. The molecule has 2 atom stereocenters. The molecule has 15 heavy (non-hydrogen) atoms. The fourth-order valence-corrected chi connectivity index (χ4v) is 2.94. The highest BCUT2D eigenvalue weighted by molar-refractivity contribution is 5.25. The van der Waals surface area contributed by atoms with Crippen LogP contribution in [0.5, 0.6) is 0 Å². The van der Waals surface area contributed by atoms with Crippen LogP contribution in [0.3, 0.4) is 0 Å². The molecule has 0 spiro atoms. The number of hydrogen-bond donors (Lipinski definition) is 0. The Morgan fingerprint density at radius 1 is 1.60 bits per heavy atom.